The number of hydrogen-bond donors (Lipinski definition) is 0. The second-order valence-electron chi connectivity index (χ2n) is 13.7. The van der Waals surface area contributed by atoms with Crippen LogP contribution in [0.2, 0.25) is 0 Å². The Hall–Kier alpha value is -7.17. The Kier molecular flexibility index (Phi) is 9.21. The fourth-order valence-corrected chi connectivity index (χ4v) is 7.64. The van der Waals surface area contributed by atoms with Gasteiger partial charge in [0.05, 0.1) is 17.9 Å². The van der Waals surface area contributed by atoms with Gasteiger partial charge in [0.2, 0.25) is 0 Å². The van der Waals surface area contributed by atoms with Gasteiger partial charge in [0.25, 0.3) is 0 Å². The Morgan fingerprint density at radius 1 is 0.527 bits per heavy atom. The standard InChI is InChI=1S/C51H38N4/c1-52-50(40-18-7-3-8-19-40)54-51(41-20-9-4-10-21-41)53-35-36-27-32-44-42(33-36)34-47-46(44)24-14-26-49(47)55(48-25-13-22-39-17-11-12-23-45(39)48)43-30-28-38(29-31-43)37-15-5-2-6-16-37/h2-33H,1,34-35H2/b53-51-,54-50-. The third-order valence-corrected chi connectivity index (χ3v) is 10.3. The zero-order valence-electron chi connectivity index (χ0n) is 30.4. The fourth-order valence-electron chi connectivity index (χ4n) is 7.64. The van der Waals surface area contributed by atoms with Crippen LogP contribution in [0, 0.1) is 0 Å². The lowest BCUT2D eigenvalue weighted by molar-refractivity contribution is 1.05. The van der Waals surface area contributed by atoms with E-state index in [4.69, 9.17) is 9.98 Å². The number of nitrogens with zero attached hydrogens (tertiary/aromatic N) is 4. The quantitative estimate of drug-likeness (QED) is 0.115. The lowest BCUT2D eigenvalue weighted by Crippen LogP contribution is -2.12. The summed E-state index contributed by atoms with van der Waals surface area (Å²) in [4.78, 5) is 16.7. The summed E-state index contributed by atoms with van der Waals surface area (Å²) in [7, 11) is 0. The molecule has 0 aromatic heterocycles. The lowest BCUT2D eigenvalue weighted by Gasteiger charge is -2.29. The lowest BCUT2D eigenvalue weighted by atomic mass is 10.0. The summed E-state index contributed by atoms with van der Waals surface area (Å²) in [5.41, 5.74) is 14.0. The third kappa shape index (κ3) is 6.78. The van der Waals surface area contributed by atoms with Crippen molar-refractivity contribution in [1.82, 2.24) is 0 Å². The first-order valence-electron chi connectivity index (χ1n) is 18.6. The number of hydrogen-bond acceptors (Lipinski definition) is 2. The minimum Gasteiger partial charge on any atom is -0.310 e. The van der Waals surface area contributed by atoms with Crippen molar-refractivity contribution in [1.29, 1.82) is 0 Å². The monoisotopic (exact) mass is 706 g/mol. The molecular weight excluding hydrogens is 669 g/mol. The van der Waals surface area contributed by atoms with E-state index in [1.54, 1.807) is 0 Å². The van der Waals surface area contributed by atoms with E-state index >= 15 is 0 Å². The van der Waals surface area contributed by atoms with Gasteiger partial charge in [0.15, 0.2) is 11.7 Å². The molecule has 0 unspecified atom stereocenters. The molecule has 0 aliphatic heterocycles. The second kappa shape index (κ2) is 15.1. The minimum atomic E-state index is 0.485. The Morgan fingerprint density at radius 2 is 1.15 bits per heavy atom. The van der Waals surface area contributed by atoms with Gasteiger partial charge in [0.1, 0.15) is 0 Å². The zero-order chi connectivity index (χ0) is 37.0. The summed E-state index contributed by atoms with van der Waals surface area (Å²) in [6.07, 6.45) is 0.823. The fraction of sp³-hybridized carbons (Fsp3) is 0.0392. The molecule has 4 nitrogen and oxygen atoms in total. The highest BCUT2D eigenvalue weighted by Crippen LogP contribution is 2.47. The molecule has 0 saturated carbocycles. The molecule has 8 aromatic rings. The van der Waals surface area contributed by atoms with Crippen LogP contribution in [0.3, 0.4) is 0 Å². The number of benzene rings is 8. The second-order valence-corrected chi connectivity index (χ2v) is 13.7. The average molecular weight is 707 g/mol. The van der Waals surface area contributed by atoms with Crippen molar-refractivity contribution in [2.24, 2.45) is 15.0 Å². The average Bonchev–Trinajstić information content (AvgIpc) is 3.64. The molecule has 0 atom stereocenters. The third-order valence-electron chi connectivity index (χ3n) is 10.3. The van der Waals surface area contributed by atoms with E-state index in [0.717, 1.165) is 34.5 Å². The number of rotatable bonds is 8. The predicted molar refractivity (Wildman–Crippen MR) is 232 cm³/mol. The van der Waals surface area contributed by atoms with Crippen LogP contribution in [0.15, 0.2) is 209 Å². The van der Waals surface area contributed by atoms with Gasteiger partial charge < -0.3 is 4.90 Å². The van der Waals surface area contributed by atoms with Crippen molar-refractivity contribution in [2.75, 3.05) is 4.90 Å². The van der Waals surface area contributed by atoms with E-state index in [-0.39, 0.29) is 0 Å². The van der Waals surface area contributed by atoms with Crippen molar-refractivity contribution in [3.63, 3.8) is 0 Å². The summed E-state index contributed by atoms with van der Waals surface area (Å²) < 4.78 is 0. The molecule has 4 heteroatoms. The van der Waals surface area contributed by atoms with Crippen LogP contribution >= 0.6 is 0 Å². The highest BCUT2D eigenvalue weighted by Gasteiger charge is 2.26. The van der Waals surface area contributed by atoms with Gasteiger partial charge in [-0.15, -0.1) is 0 Å². The van der Waals surface area contributed by atoms with E-state index in [1.165, 1.54) is 49.8 Å². The smallest absolute Gasteiger partial charge is 0.161 e. The van der Waals surface area contributed by atoms with Crippen LogP contribution in [0.4, 0.5) is 17.1 Å². The van der Waals surface area contributed by atoms with E-state index < -0.39 is 0 Å². The Labute approximate surface area is 322 Å². The number of aliphatic imine (C=N–C) groups is 3. The van der Waals surface area contributed by atoms with Crippen molar-refractivity contribution in [2.45, 2.75) is 13.0 Å². The SMILES string of the molecule is C=N/C(=N\C(=N/Cc1ccc2c(c1)Cc1c-2cccc1N(c1ccc(-c2ccccc2)cc1)c1cccc2ccccc12)c1ccccc1)c1ccccc1. The van der Waals surface area contributed by atoms with Crippen molar-refractivity contribution < 1.29 is 0 Å². The van der Waals surface area contributed by atoms with Crippen molar-refractivity contribution >= 4 is 46.2 Å². The van der Waals surface area contributed by atoms with Crippen LogP contribution in [0.1, 0.15) is 27.8 Å². The number of fused-ring (bicyclic) bond motifs is 4. The zero-order valence-corrected chi connectivity index (χ0v) is 30.4. The van der Waals surface area contributed by atoms with E-state index in [0.29, 0.717) is 18.2 Å². The predicted octanol–water partition coefficient (Wildman–Crippen LogP) is 12.6. The Balaban J connectivity index is 1.09. The number of amidine groups is 2. The summed E-state index contributed by atoms with van der Waals surface area (Å²) in [5.74, 6) is 1.17. The molecule has 1 aliphatic carbocycles. The Morgan fingerprint density at radius 3 is 1.89 bits per heavy atom. The molecule has 0 fully saturated rings. The summed E-state index contributed by atoms with van der Waals surface area (Å²) in [6.45, 7) is 4.30. The minimum absolute atomic E-state index is 0.485. The van der Waals surface area contributed by atoms with Gasteiger partial charge in [-0.2, -0.15) is 0 Å². The maximum atomic E-state index is 5.07. The molecule has 0 amide bonds. The Bertz CT molecular complexity index is 2690. The van der Waals surface area contributed by atoms with E-state index in [2.05, 4.69) is 150 Å². The first-order chi connectivity index (χ1) is 27.2. The molecule has 9 rings (SSSR count). The first kappa shape index (κ1) is 33.7. The summed E-state index contributed by atoms with van der Waals surface area (Å²) in [6, 6.07) is 68.3. The molecule has 0 heterocycles. The largest absolute Gasteiger partial charge is 0.310 e. The highest BCUT2D eigenvalue weighted by atomic mass is 15.1. The topological polar surface area (TPSA) is 40.3 Å². The maximum absolute atomic E-state index is 5.07. The van der Waals surface area contributed by atoms with Gasteiger partial charge in [-0.05, 0) is 75.3 Å². The van der Waals surface area contributed by atoms with Gasteiger partial charge in [-0.25, -0.2) is 9.98 Å². The van der Waals surface area contributed by atoms with Gasteiger partial charge in [0, 0.05) is 28.6 Å². The summed E-state index contributed by atoms with van der Waals surface area (Å²) in [5, 5.41) is 2.43. The van der Waals surface area contributed by atoms with E-state index in [1.807, 2.05) is 60.7 Å². The van der Waals surface area contributed by atoms with Crippen LogP contribution in [-0.2, 0) is 13.0 Å². The van der Waals surface area contributed by atoms with Crippen molar-refractivity contribution in [3.05, 3.63) is 222 Å². The van der Waals surface area contributed by atoms with Crippen LogP contribution in [-0.4, -0.2) is 18.4 Å². The summed E-state index contributed by atoms with van der Waals surface area (Å²) >= 11 is 0. The van der Waals surface area contributed by atoms with Gasteiger partial charge in [-0.3, -0.25) is 4.99 Å². The van der Waals surface area contributed by atoms with Crippen LogP contribution in [0.25, 0.3) is 33.0 Å². The molecule has 0 radical (unpaired) electrons. The van der Waals surface area contributed by atoms with Gasteiger partial charge >= 0.3 is 0 Å². The van der Waals surface area contributed by atoms with Gasteiger partial charge in [-0.1, -0.05) is 170 Å². The van der Waals surface area contributed by atoms with Crippen LogP contribution in [0.5, 0.6) is 0 Å². The molecule has 0 N–H and O–H groups in total. The molecule has 1 aliphatic rings. The highest BCUT2D eigenvalue weighted by molar-refractivity contribution is 6.12. The first-order valence-corrected chi connectivity index (χ1v) is 18.6. The maximum Gasteiger partial charge on any atom is 0.161 e. The molecule has 8 aromatic carbocycles. The molecule has 0 saturated heterocycles. The van der Waals surface area contributed by atoms with Crippen molar-refractivity contribution in [3.8, 4) is 22.3 Å². The molecular formula is C51H38N4. The number of anilines is 3. The molecule has 0 bridgehead atoms. The molecule has 262 valence electrons. The normalized spacial score (nSPS) is 12.3. The molecule has 0 spiro atoms. The van der Waals surface area contributed by atoms with E-state index in [9.17, 15) is 0 Å². The van der Waals surface area contributed by atoms with Crippen LogP contribution < -0.4 is 4.90 Å². The molecule has 55 heavy (non-hydrogen) atoms.